The first-order chi connectivity index (χ1) is 20.6. The van der Waals surface area contributed by atoms with Crippen LogP contribution in [0.3, 0.4) is 0 Å². The van der Waals surface area contributed by atoms with Crippen molar-refractivity contribution in [1.82, 2.24) is 0 Å². The molecule has 1 aliphatic carbocycles. The van der Waals surface area contributed by atoms with Crippen molar-refractivity contribution >= 4 is 40.9 Å². The summed E-state index contributed by atoms with van der Waals surface area (Å²) < 4.78 is 0. The maximum Gasteiger partial charge on any atom is 0.0462 e. The second-order valence-electron chi connectivity index (χ2n) is 13.6. The van der Waals surface area contributed by atoms with Gasteiger partial charge in [-0.3, -0.25) is 0 Å². The van der Waals surface area contributed by atoms with Gasteiger partial charge in [-0.15, -0.1) is 0 Å². The third kappa shape index (κ3) is 5.99. The van der Waals surface area contributed by atoms with Gasteiger partial charge in [-0.2, -0.15) is 0 Å². The summed E-state index contributed by atoms with van der Waals surface area (Å²) in [4.78, 5) is 2.36. The summed E-state index contributed by atoms with van der Waals surface area (Å²) >= 11 is 0. The fourth-order valence-corrected chi connectivity index (χ4v) is 5.81. The van der Waals surface area contributed by atoms with E-state index in [2.05, 4.69) is 186 Å². The Kier molecular flexibility index (Phi) is 7.44. The van der Waals surface area contributed by atoms with E-state index in [9.17, 15) is 0 Å². The van der Waals surface area contributed by atoms with Gasteiger partial charge in [-0.05, 0) is 97.8 Å². The summed E-state index contributed by atoms with van der Waals surface area (Å²) in [5.74, 6) is 0. The van der Waals surface area contributed by atoms with E-state index in [1.54, 1.807) is 0 Å². The predicted molar refractivity (Wildman–Crippen MR) is 187 cm³/mol. The third-order valence-corrected chi connectivity index (χ3v) is 8.39. The van der Waals surface area contributed by atoms with E-state index in [4.69, 9.17) is 0 Å². The van der Waals surface area contributed by atoms with Crippen molar-refractivity contribution < 1.29 is 0 Å². The van der Waals surface area contributed by atoms with Crippen LogP contribution in [0.25, 0.3) is 23.8 Å². The van der Waals surface area contributed by atoms with E-state index in [1.807, 2.05) is 0 Å². The van der Waals surface area contributed by atoms with Crippen LogP contribution in [-0.4, -0.2) is 0 Å². The number of anilines is 3. The van der Waals surface area contributed by atoms with Crippen molar-refractivity contribution in [1.29, 1.82) is 0 Å². The maximum atomic E-state index is 2.36. The van der Waals surface area contributed by atoms with Gasteiger partial charge in [0.05, 0.1) is 0 Å². The van der Waals surface area contributed by atoms with Crippen LogP contribution in [0.1, 0.15) is 80.5 Å². The third-order valence-electron chi connectivity index (χ3n) is 8.39. The lowest BCUT2D eigenvalue weighted by atomic mass is 9.86. The van der Waals surface area contributed by atoms with Crippen LogP contribution in [0.2, 0.25) is 0 Å². The Bertz CT molecular complexity index is 1680. The minimum atomic E-state index is 0.109. The fraction of sp³-hybridized carbons (Fsp3) is 0.190. The number of hydrogen-bond donors (Lipinski definition) is 0. The molecule has 5 aromatic carbocycles. The number of nitrogens with zero attached hydrogens (tertiary/aromatic N) is 1. The molecule has 0 N–H and O–H groups in total. The maximum absolute atomic E-state index is 2.36. The topological polar surface area (TPSA) is 3.24 Å². The molecule has 0 fully saturated rings. The van der Waals surface area contributed by atoms with E-state index in [0.717, 1.165) is 17.1 Å². The molecule has 0 radical (unpaired) electrons. The summed E-state index contributed by atoms with van der Waals surface area (Å²) in [6, 6.07) is 44.4. The van der Waals surface area contributed by atoms with Gasteiger partial charge < -0.3 is 4.90 Å². The highest BCUT2D eigenvalue weighted by Gasteiger charge is 2.19. The number of rotatable bonds is 4. The number of benzene rings is 5. The second kappa shape index (κ2) is 11.2. The van der Waals surface area contributed by atoms with E-state index >= 15 is 0 Å². The molecule has 1 aliphatic rings. The Morgan fingerprint density at radius 2 is 0.814 bits per heavy atom. The first-order valence-electron chi connectivity index (χ1n) is 15.3. The molecule has 1 nitrogen and oxygen atoms in total. The van der Waals surface area contributed by atoms with E-state index in [1.165, 1.54) is 44.5 Å². The van der Waals surface area contributed by atoms with Gasteiger partial charge in [0.25, 0.3) is 0 Å². The molecule has 0 heterocycles. The van der Waals surface area contributed by atoms with Crippen LogP contribution in [0.4, 0.5) is 17.1 Å². The van der Waals surface area contributed by atoms with Gasteiger partial charge in [0.1, 0.15) is 0 Å². The van der Waals surface area contributed by atoms with Gasteiger partial charge in [0, 0.05) is 17.1 Å². The smallest absolute Gasteiger partial charge is 0.0462 e. The first-order valence-corrected chi connectivity index (χ1v) is 15.3. The van der Waals surface area contributed by atoms with Crippen LogP contribution < -0.4 is 4.90 Å². The summed E-state index contributed by atoms with van der Waals surface area (Å²) in [6.07, 6.45) is 6.78. The number of hydrogen-bond acceptors (Lipinski definition) is 1. The van der Waals surface area contributed by atoms with Crippen molar-refractivity contribution in [2.24, 2.45) is 0 Å². The molecule has 0 atom stereocenters. The molecule has 0 unspecified atom stereocenters. The highest BCUT2D eigenvalue weighted by molar-refractivity contribution is 6.00. The average Bonchev–Trinajstić information content (AvgIpc) is 3.15. The molecule has 6 rings (SSSR count). The Labute approximate surface area is 257 Å². The van der Waals surface area contributed by atoms with Gasteiger partial charge in [0.2, 0.25) is 0 Å². The van der Waals surface area contributed by atoms with Gasteiger partial charge >= 0.3 is 0 Å². The highest BCUT2D eigenvalue weighted by atomic mass is 15.1. The largest absolute Gasteiger partial charge is 0.311 e. The zero-order valence-electron chi connectivity index (χ0n) is 26.2. The molecule has 0 saturated heterocycles. The van der Waals surface area contributed by atoms with Crippen molar-refractivity contribution in [3.8, 4) is 0 Å². The van der Waals surface area contributed by atoms with Crippen LogP contribution in [0, 0.1) is 0 Å². The molecule has 0 aromatic heterocycles. The van der Waals surface area contributed by atoms with Crippen molar-refractivity contribution in [2.45, 2.75) is 52.4 Å². The molecule has 0 bridgehead atoms. The van der Waals surface area contributed by atoms with E-state index < -0.39 is 0 Å². The normalized spacial score (nSPS) is 12.7. The highest BCUT2D eigenvalue weighted by Crippen LogP contribution is 2.39. The van der Waals surface area contributed by atoms with Crippen LogP contribution in [0.5, 0.6) is 0 Å². The van der Waals surface area contributed by atoms with Crippen LogP contribution in [-0.2, 0) is 10.8 Å². The fourth-order valence-electron chi connectivity index (χ4n) is 5.81. The average molecular weight is 560 g/mol. The summed E-state index contributed by atoms with van der Waals surface area (Å²) in [5, 5.41) is 0. The Morgan fingerprint density at radius 1 is 0.442 bits per heavy atom. The van der Waals surface area contributed by atoms with Crippen LogP contribution in [0.15, 0.2) is 121 Å². The standard InChI is InChI=1S/C42H41N/c1-41(2,3)33-19-25-36(26-20-33)43(37-27-21-34(22-28-37)42(4,5)6)35-23-15-30(16-24-35)29-40-38-13-9-7-11-31(38)17-18-32-12-8-10-14-39(32)40/h7-29H,1-6H3. The quantitative estimate of drug-likeness (QED) is 0.208. The Morgan fingerprint density at radius 3 is 1.21 bits per heavy atom. The lowest BCUT2D eigenvalue weighted by Crippen LogP contribution is -2.14. The summed E-state index contributed by atoms with van der Waals surface area (Å²) in [5.41, 5.74) is 13.7. The lowest BCUT2D eigenvalue weighted by Gasteiger charge is -2.28. The molecule has 0 saturated carbocycles. The van der Waals surface area contributed by atoms with Crippen molar-refractivity contribution in [3.05, 3.63) is 160 Å². The van der Waals surface area contributed by atoms with Crippen molar-refractivity contribution in [2.75, 3.05) is 4.90 Å². The summed E-state index contributed by atoms with van der Waals surface area (Å²) in [6.45, 7) is 13.6. The monoisotopic (exact) mass is 559 g/mol. The molecule has 0 amide bonds. The molecular formula is C42H41N. The number of fused-ring (bicyclic) bond motifs is 2. The zero-order valence-corrected chi connectivity index (χ0v) is 26.2. The minimum Gasteiger partial charge on any atom is -0.311 e. The van der Waals surface area contributed by atoms with Gasteiger partial charge in [0.15, 0.2) is 0 Å². The van der Waals surface area contributed by atoms with Crippen molar-refractivity contribution in [3.63, 3.8) is 0 Å². The van der Waals surface area contributed by atoms with E-state index in [-0.39, 0.29) is 10.8 Å². The Balaban J connectivity index is 1.42. The first kappa shape index (κ1) is 28.5. The molecule has 1 heteroatoms. The Hall–Kier alpha value is -4.62. The molecule has 43 heavy (non-hydrogen) atoms. The molecule has 0 spiro atoms. The second-order valence-corrected chi connectivity index (χ2v) is 13.6. The zero-order chi connectivity index (χ0) is 30.2. The van der Waals surface area contributed by atoms with Crippen LogP contribution >= 0.6 is 0 Å². The molecule has 214 valence electrons. The predicted octanol–water partition coefficient (Wildman–Crippen LogP) is 11.8. The van der Waals surface area contributed by atoms with E-state index in [0.29, 0.717) is 0 Å². The molecular weight excluding hydrogens is 518 g/mol. The molecule has 0 aliphatic heterocycles. The van der Waals surface area contributed by atoms with Gasteiger partial charge in [-0.25, -0.2) is 0 Å². The minimum absolute atomic E-state index is 0.109. The lowest BCUT2D eigenvalue weighted by molar-refractivity contribution is 0.590. The summed E-state index contributed by atoms with van der Waals surface area (Å²) in [7, 11) is 0. The van der Waals surface area contributed by atoms with Gasteiger partial charge in [-0.1, -0.05) is 139 Å². The SMILES string of the molecule is CC(C)(C)c1ccc(N(c2ccc(C=C3c4ccccc4C=Cc4ccccc43)cc2)c2ccc(C(C)(C)C)cc2)cc1. The molecule has 5 aromatic rings.